The second-order valence-electron chi connectivity index (χ2n) is 7.40. The third kappa shape index (κ3) is 3.09. The molecule has 1 aliphatic rings. The normalized spacial score (nSPS) is 16.9. The summed E-state index contributed by atoms with van der Waals surface area (Å²) in [5, 5.41) is 5.74. The van der Waals surface area contributed by atoms with Crippen molar-refractivity contribution >= 4 is 34.2 Å². The van der Waals surface area contributed by atoms with E-state index in [1.807, 2.05) is 38.1 Å². The number of anilines is 1. The second-order valence-corrected chi connectivity index (χ2v) is 7.83. The van der Waals surface area contributed by atoms with Crippen LogP contribution in [-0.2, 0) is 4.79 Å². The largest absolute Gasteiger partial charge is 0.452 e. The first-order valence-corrected chi connectivity index (χ1v) is 9.77. The smallest absolute Gasteiger partial charge is 0.238 e. The zero-order chi connectivity index (χ0) is 20.1. The summed E-state index contributed by atoms with van der Waals surface area (Å²) in [5.41, 5.74) is 3.69. The molecule has 0 N–H and O–H groups in total. The van der Waals surface area contributed by atoms with Gasteiger partial charge in [0.25, 0.3) is 0 Å². The number of carbonyl (C=O) groups excluding carboxylic acids is 1. The Hall–Kier alpha value is -3.12. The van der Waals surface area contributed by atoms with Crippen molar-refractivity contribution in [3.63, 3.8) is 0 Å². The van der Waals surface area contributed by atoms with Crippen molar-refractivity contribution < 1.29 is 13.7 Å². The maximum Gasteiger partial charge on any atom is 0.238 e. The average molecular weight is 408 g/mol. The Morgan fingerprint density at radius 1 is 1.17 bits per heavy atom. The van der Waals surface area contributed by atoms with Crippen LogP contribution in [0.1, 0.15) is 29.4 Å². The lowest BCUT2D eigenvalue weighted by atomic mass is 10.1. The molecule has 0 bridgehead atoms. The third-order valence-corrected chi connectivity index (χ3v) is 5.57. The van der Waals surface area contributed by atoms with Crippen LogP contribution in [0.15, 0.2) is 51.4 Å². The number of furan rings is 1. The van der Waals surface area contributed by atoms with E-state index in [2.05, 4.69) is 16.2 Å². The van der Waals surface area contributed by atoms with Gasteiger partial charge in [-0.2, -0.15) is 4.98 Å². The molecule has 5 rings (SSSR count). The quantitative estimate of drug-likeness (QED) is 0.462. The van der Waals surface area contributed by atoms with Crippen LogP contribution in [0, 0.1) is 13.8 Å². The van der Waals surface area contributed by atoms with Crippen molar-refractivity contribution in [3.8, 4) is 11.6 Å². The van der Waals surface area contributed by atoms with Gasteiger partial charge < -0.3 is 13.8 Å². The molecule has 4 aromatic rings. The number of hydrogen-bond donors (Lipinski definition) is 0. The Labute approximate surface area is 172 Å². The molecule has 0 spiro atoms. The van der Waals surface area contributed by atoms with E-state index in [1.165, 1.54) is 0 Å². The molecule has 1 saturated heterocycles. The minimum absolute atomic E-state index is 0.00686. The van der Waals surface area contributed by atoms with Gasteiger partial charge in [0, 0.05) is 34.6 Å². The van der Waals surface area contributed by atoms with Gasteiger partial charge in [-0.15, -0.1) is 0 Å². The number of rotatable bonds is 3. The van der Waals surface area contributed by atoms with Crippen LogP contribution in [0.2, 0.25) is 5.02 Å². The molecule has 1 unspecified atom stereocenters. The average Bonchev–Trinajstić information content (AvgIpc) is 3.40. The Morgan fingerprint density at radius 3 is 2.86 bits per heavy atom. The Morgan fingerprint density at radius 2 is 2.03 bits per heavy atom. The summed E-state index contributed by atoms with van der Waals surface area (Å²) >= 11 is 6.06. The minimum atomic E-state index is -0.172. The number of aryl methyl sites for hydroxylation is 2. The van der Waals surface area contributed by atoms with Gasteiger partial charge >= 0.3 is 0 Å². The van der Waals surface area contributed by atoms with E-state index in [0.29, 0.717) is 35.5 Å². The number of amides is 1. The summed E-state index contributed by atoms with van der Waals surface area (Å²) in [6.07, 6.45) is 0.312. The standard InChI is InChI=1S/C22H18ClN3O3/c1-12-6-7-18-17(8-12)13(2)20(28-18)21-24-22(29-25-21)14-9-19(27)26(11-14)16-5-3-4-15(23)10-16/h3-8,10,14H,9,11H2,1-2H3. The van der Waals surface area contributed by atoms with Gasteiger partial charge in [-0.1, -0.05) is 34.5 Å². The predicted molar refractivity (Wildman–Crippen MR) is 110 cm³/mol. The molecular weight excluding hydrogens is 390 g/mol. The highest BCUT2D eigenvalue weighted by Gasteiger charge is 2.35. The molecule has 1 fully saturated rings. The maximum absolute atomic E-state index is 12.5. The predicted octanol–water partition coefficient (Wildman–Crippen LogP) is 5.27. The molecule has 7 heteroatoms. The Kier molecular flexibility index (Phi) is 4.17. The first kappa shape index (κ1) is 17.9. The lowest BCUT2D eigenvalue weighted by molar-refractivity contribution is -0.117. The molecule has 29 heavy (non-hydrogen) atoms. The summed E-state index contributed by atoms with van der Waals surface area (Å²) in [5.74, 6) is 1.27. The highest BCUT2D eigenvalue weighted by molar-refractivity contribution is 6.30. The van der Waals surface area contributed by atoms with E-state index in [4.69, 9.17) is 20.5 Å². The zero-order valence-electron chi connectivity index (χ0n) is 16.0. The van der Waals surface area contributed by atoms with Crippen LogP contribution >= 0.6 is 11.6 Å². The molecule has 0 saturated carbocycles. The molecule has 3 heterocycles. The van der Waals surface area contributed by atoms with Gasteiger partial charge in [0.1, 0.15) is 5.58 Å². The van der Waals surface area contributed by atoms with Crippen molar-refractivity contribution in [1.29, 1.82) is 0 Å². The summed E-state index contributed by atoms with van der Waals surface area (Å²) in [6, 6.07) is 13.3. The molecule has 146 valence electrons. The fourth-order valence-corrected chi connectivity index (χ4v) is 3.99. The number of nitrogens with zero attached hydrogens (tertiary/aromatic N) is 3. The fraction of sp³-hybridized carbons (Fsp3) is 0.227. The van der Waals surface area contributed by atoms with Gasteiger partial charge in [0.05, 0.1) is 5.92 Å². The second kappa shape index (κ2) is 6.74. The summed E-state index contributed by atoms with van der Waals surface area (Å²) in [4.78, 5) is 18.8. The van der Waals surface area contributed by atoms with E-state index < -0.39 is 0 Å². The van der Waals surface area contributed by atoms with E-state index in [1.54, 1.807) is 17.0 Å². The zero-order valence-corrected chi connectivity index (χ0v) is 16.7. The van der Waals surface area contributed by atoms with E-state index in [9.17, 15) is 4.79 Å². The molecule has 1 amide bonds. The van der Waals surface area contributed by atoms with Gasteiger partial charge in [-0.25, -0.2) is 0 Å². The van der Waals surface area contributed by atoms with Crippen molar-refractivity contribution in [2.75, 3.05) is 11.4 Å². The Bertz CT molecular complexity index is 1240. The van der Waals surface area contributed by atoms with E-state index >= 15 is 0 Å². The number of fused-ring (bicyclic) bond motifs is 1. The van der Waals surface area contributed by atoms with Crippen LogP contribution in [0.3, 0.4) is 0 Å². The lowest BCUT2D eigenvalue weighted by Crippen LogP contribution is -2.24. The molecule has 0 radical (unpaired) electrons. The van der Waals surface area contributed by atoms with Crippen molar-refractivity contribution in [2.24, 2.45) is 0 Å². The minimum Gasteiger partial charge on any atom is -0.452 e. The van der Waals surface area contributed by atoms with Crippen LogP contribution in [0.25, 0.3) is 22.6 Å². The molecular formula is C22H18ClN3O3. The SMILES string of the molecule is Cc1ccc2oc(-c3noc(C4CC(=O)N(c5cccc(Cl)c5)C4)n3)c(C)c2c1. The molecule has 1 atom stereocenters. The number of benzene rings is 2. The molecule has 2 aromatic carbocycles. The lowest BCUT2D eigenvalue weighted by Gasteiger charge is -2.16. The van der Waals surface area contributed by atoms with E-state index in [0.717, 1.165) is 27.8 Å². The van der Waals surface area contributed by atoms with Gasteiger partial charge in [0.2, 0.25) is 17.6 Å². The van der Waals surface area contributed by atoms with Crippen LogP contribution in [0.4, 0.5) is 5.69 Å². The third-order valence-electron chi connectivity index (χ3n) is 5.33. The van der Waals surface area contributed by atoms with Crippen LogP contribution in [0.5, 0.6) is 0 Å². The molecule has 0 aliphatic carbocycles. The first-order valence-electron chi connectivity index (χ1n) is 9.39. The summed E-state index contributed by atoms with van der Waals surface area (Å²) in [7, 11) is 0. The first-order chi connectivity index (χ1) is 14.0. The van der Waals surface area contributed by atoms with Crippen molar-refractivity contribution in [2.45, 2.75) is 26.2 Å². The number of hydrogen-bond acceptors (Lipinski definition) is 5. The molecule has 6 nitrogen and oxygen atoms in total. The summed E-state index contributed by atoms with van der Waals surface area (Å²) < 4.78 is 11.5. The van der Waals surface area contributed by atoms with Crippen LogP contribution in [-0.4, -0.2) is 22.6 Å². The Balaban J connectivity index is 1.44. The topological polar surface area (TPSA) is 72.4 Å². The number of carbonyl (C=O) groups is 1. The van der Waals surface area contributed by atoms with E-state index in [-0.39, 0.29) is 11.8 Å². The number of aromatic nitrogens is 2. The maximum atomic E-state index is 12.5. The highest BCUT2D eigenvalue weighted by Crippen LogP contribution is 2.35. The monoisotopic (exact) mass is 407 g/mol. The van der Waals surface area contributed by atoms with Crippen molar-refractivity contribution in [3.05, 3.63) is 64.5 Å². The van der Waals surface area contributed by atoms with Gasteiger partial charge in [-0.05, 0) is 44.2 Å². The van der Waals surface area contributed by atoms with Gasteiger partial charge in [-0.3, -0.25) is 4.79 Å². The number of halogens is 1. The van der Waals surface area contributed by atoms with Crippen molar-refractivity contribution in [1.82, 2.24) is 10.1 Å². The summed E-state index contributed by atoms with van der Waals surface area (Å²) in [6.45, 7) is 4.50. The van der Waals surface area contributed by atoms with Crippen LogP contribution < -0.4 is 4.90 Å². The van der Waals surface area contributed by atoms with Gasteiger partial charge in [0.15, 0.2) is 5.76 Å². The molecule has 1 aliphatic heterocycles. The molecule has 2 aromatic heterocycles. The highest BCUT2D eigenvalue weighted by atomic mass is 35.5. The fourth-order valence-electron chi connectivity index (χ4n) is 3.81.